The molecule has 1 aliphatic carbocycles. The Bertz CT molecular complexity index is 760. The van der Waals surface area contributed by atoms with Gasteiger partial charge in [0.15, 0.2) is 0 Å². The molecule has 0 spiro atoms. The second kappa shape index (κ2) is 6.16. The van der Waals surface area contributed by atoms with Crippen LogP contribution in [0.15, 0.2) is 42.5 Å². The quantitative estimate of drug-likeness (QED) is 0.878. The van der Waals surface area contributed by atoms with Gasteiger partial charge in [-0.2, -0.15) is 0 Å². The van der Waals surface area contributed by atoms with Crippen molar-refractivity contribution < 1.29 is 19.4 Å². The van der Waals surface area contributed by atoms with Gasteiger partial charge >= 0.3 is 5.97 Å². The van der Waals surface area contributed by atoms with Gasteiger partial charge in [0.25, 0.3) is 0 Å². The number of carbonyl (C=O) groups is 1. The van der Waals surface area contributed by atoms with Crippen LogP contribution in [0.4, 0.5) is 0 Å². The number of phenols is 1. The zero-order chi connectivity index (χ0) is 16.4. The number of ether oxygens (including phenoxy) is 2. The lowest BCUT2D eigenvalue weighted by atomic mass is 9.80. The summed E-state index contributed by atoms with van der Waals surface area (Å²) in [5, 5.41) is 10.0. The number of hydrogen-bond acceptors (Lipinski definition) is 4. The number of allylic oxidation sites excluding steroid dienone is 1. The number of aromatic hydroxyl groups is 1. The summed E-state index contributed by atoms with van der Waals surface area (Å²) < 4.78 is 10.0. The molecule has 0 aromatic heterocycles. The van der Waals surface area contributed by atoms with Crippen LogP contribution >= 0.6 is 0 Å². The van der Waals surface area contributed by atoms with Gasteiger partial charge in [0.1, 0.15) is 17.1 Å². The molecule has 0 heterocycles. The number of hydrogen-bond donors (Lipinski definition) is 1. The molecule has 118 valence electrons. The van der Waals surface area contributed by atoms with E-state index >= 15 is 0 Å². The van der Waals surface area contributed by atoms with E-state index in [0.29, 0.717) is 0 Å². The number of rotatable bonds is 3. The largest absolute Gasteiger partial charge is 0.507 e. The minimum Gasteiger partial charge on any atom is -0.507 e. The lowest BCUT2D eigenvalue weighted by Crippen LogP contribution is -2.12. The Morgan fingerprint density at radius 1 is 1.13 bits per heavy atom. The molecule has 2 aromatic rings. The Hall–Kier alpha value is -2.75. The predicted octanol–water partition coefficient (Wildman–Crippen LogP) is 3.74. The Morgan fingerprint density at radius 3 is 2.52 bits per heavy atom. The minimum atomic E-state index is -0.528. The van der Waals surface area contributed by atoms with E-state index in [1.54, 1.807) is 13.2 Å². The van der Waals surface area contributed by atoms with Crippen LogP contribution in [0.1, 0.15) is 39.4 Å². The third-order valence-corrected chi connectivity index (χ3v) is 4.20. The summed E-state index contributed by atoms with van der Waals surface area (Å²) in [6, 6.07) is 11.3. The molecule has 4 nitrogen and oxygen atoms in total. The minimum absolute atomic E-state index is 0.0596. The van der Waals surface area contributed by atoms with Gasteiger partial charge in [0.2, 0.25) is 0 Å². The number of fused-ring (bicyclic) bond motifs is 1. The Labute approximate surface area is 135 Å². The third-order valence-electron chi connectivity index (χ3n) is 4.20. The Morgan fingerprint density at radius 2 is 1.87 bits per heavy atom. The second-order valence-corrected chi connectivity index (χ2v) is 5.42. The second-order valence-electron chi connectivity index (χ2n) is 5.42. The molecule has 0 bridgehead atoms. The van der Waals surface area contributed by atoms with Crippen LogP contribution in [-0.4, -0.2) is 25.3 Å². The van der Waals surface area contributed by atoms with Crippen molar-refractivity contribution in [3.63, 3.8) is 0 Å². The number of phenolic OH excluding ortho intramolecular Hbond substituents is 1. The highest BCUT2D eigenvalue weighted by atomic mass is 16.5. The summed E-state index contributed by atoms with van der Waals surface area (Å²) >= 11 is 0. The number of benzene rings is 2. The zero-order valence-electron chi connectivity index (χ0n) is 13.1. The van der Waals surface area contributed by atoms with E-state index < -0.39 is 5.97 Å². The molecular weight excluding hydrogens is 292 g/mol. The van der Waals surface area contributed by atoms with Gasteiger partial charge < -0.3 is 14.6 Å². The number of carbonyl (C=O) groups excluding carboxylic acids is 1. The molecule has 0 radical (unpaired) electrons. The Balaban J connectivity index is 2.09. The summed E-state index contributed by atoms with van der Waals surface area (Å²) in [6.07, 6.45) is 4.73. The lowest BCUT2D eigenvalue weighted by molar-refractivity contribution is 0.0597. The first-order chi connectivity index (χ1) is 11.2. The first kappa shape index (κ1) is 15.2. The first-order valence-corrected chi connectivity index (χ1v) is 7.40. The van der Waals surface area contributed by atoms with Crippen molar-refractivity contribution in [2.24, 2.45) is 0 Å². The van der Waals surface area contributed by atoms with Crippen molar-refractivity contribution in [3.8, 4) is 11.5 Å². The molecule has 0 fully saturated rings. The SMILES string of the molecule is COC(=O)c1c(O)ccc2c1C=CCC2c1ccc(OC)cc1. The van der Waals surface area contributed by atoms with E-state index in [-0.39, 0.29) is 17.2 Å². The van der Waals surface area contributed by atoms with Crippen molar-refractivity contribution in [2.45, 2.75) is 12.3 Å². The molecule has 0 amide bonds. The van der Waals surface area contributed by atoms with E-state index in [1.165, 1.54) is 7.11 Å². The van der Waals surface area contributed by atoms with Crippen LogP contribution in [0.5, 0.6) is 11.5 Å². The molecular formula is C19H18O4. The van der Waals surface area contributed by atoms with Gasteiger partial charge in [-0.15, -0.1) is 0 Å². The smallest absolute Gasteiger partial charge is 0.342 e. The van der Waals surface area contributed by atoms with Crippen molar-refractivity contribution in [1.82, 2.24) is 0 Å². The van der Waals surface area contributed by atoms with Crippen LogP contribution in [0, 0.1) is 0 Å². The maximum atomic E-state index is 12.0. The van der Waals surface area contributed by atoms with Gasteiger partial charge in [0.05, 0.1) is 14.2 Å². The summed E-state index contributed by atoms with van der Waals surface area (Å²) in [4.78, 5) is 12.0. The van der Waals surface area contributed by atoms with Crippen molar-refractivity contribution in [1.29, 1.82) is 0 Å². The summed E-state index contributed by atoms with van der Waals surface area (Å²) in [5.74, 6) is 0.348. The van der Waals surface area contributed by atoms with Gasteiger partial charge in [-0.25, -0.2) is 4.79 Å². The summed E-state index contributed by atoms with van der Waals surface area (Å²) in [5.41, 5.74) is 3.09. The van der Waals surface area contributed by atoms with Gasteiger partial charge in [-0.05, 0) is 41.3 Å². The fourth-order valence-electron chi connectivity index (χ4n) is 3.02. The fourth-order valence-corrected chi connectivity index (χ4v) is 3.02. The summed E-state index contributed by atoms with van der Waals surface area (Å²) in [6.45, 7) is 0. The van der Waals surface area contributed by atoms with Crippen LogP contribution < -0.4 is 4.74 Å². The van der Waals surface area contributed by atoms with Gasteiger partial charge in [-0.1, -0.05) is 30.4 Å². The molecule has 1 atom stereocenters. The zero-order valence-corrected chi connectivity index (χ0v) is 13.1. The molecule has 0 aliphatic heterocycles. The fraction of sp³-hybridized carbons (Fsp3) is 0.211. The highest BCUT2D eigenvalue weighted by molar-refractivity contribution is 5.97. The molecule has 2 aromatic carbocycles. The monoisotopic (exact) mass is 310 g/mol. The molecule has 0 saturated heterocycles. The topological polar surface area (TPSA) is 55.8 Å². The average Bonchev–Trinajstić information content (AvgIpc) is 2.60. The molecule has 1 N–H and O–H groups in total. The molecule has 3 rings (SSSR count). The van der Waals surface area contributed by atoms with Crippen LogP contribution in [-0.2, 0) is 4.74 Å². The van der Waals surface area contributed by atoms with Gasteiger partial charge in [-0.3, -0.25) is 0 Å². The van der Waals surface area contributed by atoms with Crippen LogP contribution in [0.25, 0.3) is 6.08 Å². The molecule has 1 unspecified atom stereocenters. The number of esters is 1. The standard InChI is InChI=1S/C19H18O4/c1-22-13-8-6-12(7-9-13)14-4-3-5-16-15(14)10-11-17(20)18(16)19(21)23-2/h3,5-11,14,20H,4H2,1-2H3. The molecule has 23 heavy (non-hydrogen) atoms. The van der Waals surface area contributed by atoms with E-state index in [1.807, 2.05) is 42.5 Å². The third kappa shape index (κ3) is 2.68. The van der Waals surface area contributed by atoms with Gasteiger partial charge in [0, 0.05) is 5.92 Å². The first-order valence-electron chi connectivity index (χ1n) is 7.40. The summed E-state index contributed by atoms with van der Waals surface area (Å²) in [7, 11) is 2.95. The van der Waals surface area contributed by atoms with Crippen molar-refractivity contribution >= 4 is 12.0 Å². The predicted molar refractivity (Wildman–Crippen MR) is 87.9 cm³/mol. The number of methoxy groups -OCH3 is 2. The normalized spacial score (nSPS) is 15.8. The molecule has 1 aliphatic rings. The average molecular weight is 310 g/mol. The Kier molecular flexibility index (Phi) is 4.06. The maximum Gasteiger partial charge on any atom is 0.342 e. The molecule has 4 heteroatoms. The maximum absolute atomic E-state index is 12.0. The van der Waals surface area contributed by atoms with E-state index in [4.69, 9.17) is 9.47 Å². The van der Waals surface area contributed by atoms with Crippen LogP contribution in [0.3, 0.4) is 0 Å². The van der Waals surface area contributed by atoms with E-state index in [0.717, 1.165) is 28.9 Å². The van der Waals surface area contributed by atoms with Crippen molar-refractivity contribution in [3.05, 3.63) is 64.7 Å². The van der Waals surface area contributed by atoms with E-state index in [9.17, 15) is 9.90 Å². The lowest BCUT2D eigenvalue weighted by Gasteiger charge is -2.24. The van der Waals surface area contributed by atoms with E-state index in [2.05, 4.69) is 0 Å². The van der Waals surface area contributed by atoms with Crippen LogP contribution in [0.2, 0.25) is 0 Å². The highest BCUT2D eigenvalue weighted by Crippen LogP contribution is 2.39. The highest BCUT2D eigenvalue weighted by Gasteiger charge is 2.25. The molecule has 0 saturated carbocycles. The van der Waals surface area contributed by atoms with Crippen molar-refractivity contribution in [2.75, 3.05) is 14.2 Å².